The van der Waals surface area contributed by atoms with Gasteiger partial charge in [0.15, 0.2) is 0 Å². The number of benzene rings is 3. The number of aromatic nitrogens is 1. The maximum Gasteiger partial charge on any atom is 0.261 e. The minimum absolute atomic E-state index is 0.00520. The van der Waals surface area contributed by atoms with Crippen LogP contribution in [0.2, 0.25) is 0 Å². The predicted molar refractivity (Wildman–Crippen MR) is 139 cm³/mol. The van der Waals surface area contributed by atoms with Gasteiger partial charge < -0.3 is 19.5 Å². The first-order valence-corrected chi connectivity index (χ1v) is 12.6. The lowest BCUT2D eigenvalue weighted by molar-refractivity contribution is 0.102. The molecular weight excluding hydrogens is 464 g/mol. The van der Waals surface area contributed by atoms with E-state index in [4.69, 9.17) is 4.74 Å². The van der Waals surface area contributed by atoms with Crippen LogP contribution in [0.3, 0.4) is 0 Å². The summed E-state index contributed by atoms with van der Waals surface area (Å²) in [5.74, 6) is 0.229. The molecule has 0 saturated carbocycles. The van der Waals surface area contributed by atoms with E-state index in [0.717, 1.165) is 24.0 Å². The van der Waals surface area contributed by atoms with Gasteiger partial charge in [-0.2, -0.15) is 0 Å². The highest BCUT2D eigenvalue weighted by molar-refractivity contribution is 7.92. The topological polar surface area (TPSA) is 92.7 Å². The summed E-state index contributed by atoms with van der Waals surface area (Å²) < 4.78 is 35.5. The number of sulfonamides is 1. The first kappa shape index (κ1) is 24.3. The zero-order chi connectivity index (χ0) is 25.0. The van der Waals surface area contributed by atoms with Gasteiger partial charge in [0.2, 0.25) is 0 Å². The number of nitrogens with zero attached hydrogens (tertiary/aromatic N) is 2. The Bertz CT molecular complexity index is 1440. The molecule has 4 rings (SSSR count). The van der Waals surface area contributed by atoms with Crippen LogP contribution in [0.1, 0.15) is 10.4 Å². The van der Waals surface area contributed by atoms with Crippen molar-refractivity contribution in [1.82, 2.24) is 9.47 Å². The molecule has 4 aromatic rings. The summed E-state index contributed by atoms with van der Waals surface area (Å²) in [5.41, 5.74) is 2.36. The number of methoxy groups -OCH3 is 1. The lowest BCUT2D eigenvalue weighted by Crippen LogP contribution is -2.17. The van der Waals surface area contributed by atoms with Crippen molar-refractivity contribution in [3.8, 4) is 5.75 Å². The van der Waals surface area contributed by atoms with E-state index in [-0.39, 0.29) is 10.5 Å². The second-order valence-electron chi connectivity index (χ2n) is 8.40. The summed E-state index contributed by atoms with van der Waals surface area (Å²) in [5, 5.41) is 3.88. The van der Waals surface area contributed by atoms with Crippen molar-refractivity contribution >= 4 is 38.2 Å². The standard InChI is InChI=1S/C26H28N4O4S/c1-29(2)15-16-30-14-13-19-17-22(9-12-25(19)30)27-26(31)20-5-4-6-24(18-20)35(32,33)28-21-7-10-23(34-3)11-8-21/h4-14,17-18,28H,15-16H2,1-3H3,(H,27,31). The van der Waals surface area contributed by atoms with Gasteiger partial charge in [0, 0.05) is 47.1 Å². The normalized spacial score (nSPS) is 11.5. The highest BCUT2D eigenvalue weighted by Crippen LogP contribution is 2.23. The number of amides is 1. The van der Waals surface area contributed by atoms with E-state index in [9.17, 15) is 13.2 Å². The number of nitrogens with one attached hydrogen (secondary N) is 2. The monoisotopic (exact) mass is 492 g/mol. The van der Waals surface area contributed by atoms with E-state index in [1.165, 1.54) is 19.2 Å². The van der Waals surface area contributed by atoms with E-state index < -0.39 is 15.9 Å². The van der Waals surface area contributed by atoms with E-state index in [0.29, 0.717) is 17.1 Å². The van der Waals surface area contributed by atoms with Crippen molar-refractivity contribution in [2.75, 3.05) is 37.8 Å². The van der Waals surface area contributed by atoms with Gasteiger partial charge in [0.25, 0.3) is 15.9 Å². The fraction of sp³-hybridized carbons (Fsp3) is 0.192. The van der Waals surface area contributed by atoms with Crippen molar-refractivity contribution in [1.29, 1.82) is 0 Å². The molecule has 0 saturated heterocycles. The molecule has 0 bridgehead atoms. The first-order valence-electron chi connectivity index (χ1n) is 11.1. The lowest BCUT2D eigenvalue weighted by atomic mass is 10.2. The number of fused-ring (bicyclic) bond motifs is 1. The Morgan fingerprint density at radius 3 is 2.43 bits per heavy atom. The number of hydrogen-bond acceptors (Lipinski definition) is 5. The van der Waals surface area contributed by atoms with E-state index in [1.54, 1.807) is 36.4 Å². The average molecular weight is 493 g/mol. The second-order valence-corrected chi connectivity index (χ2v) is 10.1. The van der Waals surface area contributed by atoms with Gasteiger partial charge in [-0.1, -0.05) is 6.07 Å². The lowest BCUT2D eigenvalue weighted by Gasteiger charge is -2.12. The molecule has 3 aromatic carbocycles. The molecule has 0 aliphatic rings. The predicted octanol–water partition coefficient (Wildman–Crippen LogP) is 4.26. The number of carbonyl (C=O) groups is 1. The third-order valence-corrected chi connectivity index (χ3v) is 6.94. The molecule has 1 amide bonds. The number of carbonyl (C=O) groups excluding carboxylic acids is 1. The van der Waals surface area contributed by atoms with Crippen LogP contribution in [0.15, 0.2) is 83.9 Å². The van der Waals surface area contributed by atoms with Crippen LogP contribution >= 0.6 is 0 Å². The molecule has 9 heteroatoms. The van der Waals surface area contributed by atoms with Crippen LogP contribution in [-0.2, 0) is 16.6 Å². The Hall–Kier alpha value is -3.82. The summed E-state index contributed by atoms with van der Waals surface area (Å²) in [4.78, 5) is 15.0. The van der Waals surface area contributed by atoms with Crippen LogP contribution in [0.25, 0.3) is 10.9 Å². The van der Waals surface area contributed by atoms with Crippen molar-refractivity contribution < 1.29 is 17.9 Å². The molecule has 1 heterocycles. The van der Waals surface area contributed by atoms with Crippen LogP contribution in [0, 0.1) is 0 Å². The van der Waals surface area contributed by atoms with Gasteiger partial charge in [-0.25, -0.2) is 8.42 Å². The zero-order valence-electron chi connectivity index (χ0n) is 19.9. The Kier molecular flexibility index (Phi) is 7.09. The Labute approximate surface area is 205 Å². The van der Waals surface area contributed by atoms with Crippen LogP contribution in [0.5, 0.6) is 5.75 Å². The van der Waals surface area contributed by atoms with Gasteiger partial charge in [0.05, 0.1) is 12.0 Å². The smallest absolute Gasteiger partial charge is 0.261 e. The molecule has 0 aliphatic carbocycles. The molecule has 0 atom stereocenters. The Morgan fingerprint density at radius 1 is 0.971 bits per heavy atom. The van der Waals surface area contributed by atoms with Crippen molar-refractivity contribution in [3.63, 3.8) is 0 Å². The molecule has 0 radical (unpaired) electrons. The molecule has 0 aliphatic heterocycles. The van der Waals surface area contributed by atoms with Crippen molar-refractivity contribution in [2.45, 2.75) is 11.4 Å². The summed E-state index contributed by atoms with van der Waals surface area (Å²) >= 11 is 0. The Morgan fingerprint density at radius 2 is 1.71 bits per heavy atom. The summed E-state index contributed by atoms with van der Waals surface area (Å²) in [6.07, 6.45) is 2.03. The summed E-state index contributed by atoms with van der Waals surface area (Å²) in [7, 11) is 1.73. The third-order valence-electron chi connectivity index (χ3n) is 5.57. The summed E-state index contributed by atoms with van der Waals surface area (Å²) in [6.45, 7) is 1.79. The largest absolute Gasteiger partial charge is 0.497 e. The molecule has 182 valence electrons. The minimum Gasteiger partial charge on any atom is -0.497 e. The van der Waals surface area contributed by atoms with Crippen molar-refractivity contribution in [3.05, 3.63) is 84.6 Å². The highest BCUT2D eigenvalue weighted by atomic mass is 32.2. The van der Waals surface area contributed by atoms with E-state index in [2.05, 4.69) is 19.5 Å². The quantitative estimate of drug-likeness (QED) is 0.364. The fourth-order valence-corrected chi connectivity index (χ4v) is 4.77. The van der Waals surface area contributed by atoms with Gasteiger partial charge in [-0.3, -0.25) is 9.52 Å². The first-order chi connectivity index (χ1) is 16.7. The number of anilines is 2. The van der Waals surface area contributed by atoms with Gasteiger partial charge in [0.1, 0.15) is 5.75 Å². The minimum atomic E-state index is -3.88. The van der Waals surface area contributed by atoms with Crippen LogP contribution < -0.4 is 14.8 Å². The molecular formula is C26H28N4O4S. The summed E-state index contributed by atoms with van der Waals surface area (Å²) in [6, 6.07) is 20.2. The molecule has 8 nitrogen and oxygen atoms in total. The second kappa shape index (κ2) is 10.2. The molecule has 0 fully saturated rings. The number of ether oxygens (including phenoxy) is 1. The fourth-order valence-electron chi connectivity index (χ4n) is 3.66. The van der Waals surface area contributed by atoms with Gasteiger partial charge in [-0.05, 0) is 80.8 Å². The SMILES string of the molecule is COc1ccc(NS(=O)(=O)c2cccc(C(=O)Nc3ccc4c(ccn4CCN(C)C)c3)c2)cc1. The van der Waals surface area contributed by atoms with E-state index in [1.807, 2.05) is 44.6 Å². The van der Waals surface area contributed by atoms with Crippen LogP contribution in [0.4, 0.5) is 11.4 Å². The van der Waals surface area contributed by atoms with Gasteiger partial charge in [-0.15, -0.1) is 0 Å². The Balaban J connectivity index is 1.48. The average Bonchev–Trinajstić information content (AvgIpc) is 3.25. The number of rotatable bonds is 9. The van der Waals surface area contributed by atoms with Crippen molar-refractivity contribution in [2.24, 2.45) is 0 Å². The van der Waals surface area contributed by atoms with Gasteiger partial charge >= 0.3 is 0 Å². The zero-order valence-corrected chi connectivity index (χ0v) is 20.7. The molecule has 2 N–H and O–H groups in total. The maximum atomic E-state index is 12.9. The third kappa shape index (κ3) is 5.82. The molecule has 35 heavy (non-hydrogen) atoms. The number of hydrogen-bond donors (Lipinski definition) is 2. The molecule has 0 unspecified atom stereocenters. The molecule has 0 spiro atoms. The molecule has 1 aromatic heterocycles. The number of likely N-dealkylation sites (N-methyl/N-ethyl adjacent to an activating group) is 1. The van der Waals surface area contributed by atoms with E-state index >= 15 is 0 Å². The van der Waals surface area contributed by atoms with Crippen LogP contribution in [-0.4, -0.2) is 51.5 Å². The maximum absolute atomic E-state index is 12.9. The highest BCUT2D eigenvalue weighted by Gasteiger charge is 2.17.